The second-order valence-corrected chi connectivity index (χ2v) is 5.34. The van der Waals surface area contributed by atoms with E-state index in [9.17, 15) is 30.7 Å². The van der Waals surface area contributed by atoms with Gasteiger partial charge in [-0.15, -0.1) is 0 Å². The summed E-state index contributed by atoms with van der Waals surface area (Å²) >= 11 is 0. The van der Waals surface area contributed by atoms with E-state index in [4.69, 9.17) is 0 Å². The number of rotatable bonds is 1. The Kier molecular flexibility index (Phi) is 3.89. The van der Waals surface area contributed by atoms with Crippen molar-refractivity contribution in [3.8, 4) is 0 Å². The number of halogens is 7. The summed E-state index contributed by atoms with van der Waals surface area (Å²) in [5, 5.41) is 0. The highest BCUT2D eigenvalue weighted by Crippen LogP contribution is 2.38. The van der Waals surface area contributed by atoms with Gasteiger partial charge in [0.2, 0.25) is 0 Å². The van der Waals surface area contributed by atoms with Crippen molar-refractivity contribution in [2.75, 3.05) is 0 Å². The molecule has 0 atom stereocenters. The molecule has 1 rings (SSSR count). The van der Waals surface area contributed by atoms with Crippen molar-refractivity contribution in [1.82, 2.24) is 0 Å². The summed E-state index contributed by atoms with van der Waals surface area (Å²) in [5.41, 5.74) is -4.31. The van der Waals surface area contributed by atoms with Gasteiger partial charge in [-0.05, 0) is 11.8 Å². The number of benzene rings is 1. The molecule has 0 bridgehead atoms. The minimum absolute atomic E-state index is 0.434. The van der Waals surface area contributed by atoms with Crippen molar-refractivity contribution in [2.45, 2.75) is 33.4 Å². The maximum Gasteiger partial charge on any atom is 0.422 e. The summed E-state index contributed by atoms with van der Waals surface area (Å²) in [4.78, 5) is 0. The van der Waals surface area contributed by atoms with E-state index in [0.29, 0.717) is 0 Å². The number of alkyl halides is 3. The minimum atomic E-state index is -5.50. The lowest BCUT2D eigenvalue weighted by molar-refractivity contribution is -0.143. The molecule has 0 fully saturated rings. The van der Waals surface area contributed by atoms with Crippen LogP contribution in [0.5, 0.6) is 0 Å². The summed E-state index contributed by atoms with van der Waals surface area (Å²) in [6.45, 7) is 4.58. The van der Waals surface area contributed by atoms with Crippen LogP contribution in [0.25, 0.3) is 0 Å². The van der Waals surface area contributed by atoms with Crippen LogP contribution in [-0.2, 0) is 12.6 Å². The molecule has 19 heavy (non-hydrogen) atoms. The van der Waals surface area contributed by atoms with Gasteiger partial charge in [0, 0.05) is 5.56 Å². The van der Waals surface area contributed by atoms with Crippen molar-refractivity contribution >= 4 is 0 Å². The standard InChI is InChI=1S/C12H11F7/c1-11(2,3)4-5-7(13)9(15)6(12(17,18)19)10(16)8(5)14/h4H2,1-3H3. The summed E-state index contributed by atoms with van der Waals surface area (Å²) < 4.78 is 90.5. The van der Waals surface area contributed by atoms with Gasteiger partial charge in [-0.1, -0.05) is 20.8 Å². The summed E-state index contributed by atoms with van der Waals surface area (Å²) in [7, 11) is 0. The molecule has 1 aromatic carbocycles. The van der Waals surface area contributed by atoms with Crippen LogP contribution in [0.1, 0.15) is 31.9 Å². The highest BCUT2D eigenvalue weighted by Gasteiger charge is 2.42. The van der Waals surface area contributed by atoms with Crippen LogP contribution in [0, 0.1) is 28.7 Å². The normalized spacial score (nSPS) is 12.9. The molecule has 0 aliphatic heterocycles. The van der Waals surface area contributed by atoms with Crippen LogP contribution < -0.4 is 0 Å². The zero-order valence-corrected chi connectivity index (χ0v) is 10.4. The highest BCUT2D eigenvalue weighted by molar-refractivity contribution is 5.32. The summed E-state index contributed by atoms with van der Waals surface area (Å²) in [5.74, 6) is -8.82. The maximum atomic E-state index is 13.5. The zero-order chi connectivity index (χ0) is 15.2. The van der Waals surface area contributed by atoms with Crippen LogP contribution in [0.2, 0.25) is 0 Å². The first-order valence-electron chi connectivity index (χ1n) is 5.28. The van der Waals surface area contributed by atoms with Crippen molar-refractivity contribution in [1.29, 1.82) is 0 Å². The molecule has 0 heterocycles. The van der Waals surface area contributed by atoms with Gasteiger partial charge in [0.15, 0.2) is 23.3 Å². The molecule has 0 saturated carbocycles. The first-order chi connectivity index (χ1) is 8.36. The van der Waals surface area contributed by atoms with Crippen LogP contribution >= 0.6 is 0 Å². The minimum Gasteiger partial charge on any atom is -0.203 e. The zero-order valence-electron chi connectivity index (χ0n) is 10.4. The van der Waals surface area contributed by atoms with Crippen LogP contribution in [0.15, 0.2) is 0 Å². The van der Waals surface area contributed by atoms with Crippen LogP contribution in [0.3, 0.4) is 0 Å². The second-order valence-electron chi connectivity index (χ2n) is 5.34. The Hall–Kier alpha value is -1.27. The molecular formula is C12H11F7. The molecule has 0 aliphatic rings. The lowest BCUT2D eigenvalue weighted by atomic mass is 9.87. The third-order valence-corrected chi connectivity index (χ3v) is 2.34. The maximum absolute atomic E-state index is 13.5. The van der Waals surface area contributed by atoms with Crippen LogP contribution in [-0.4, -0.2) is 0 Å². The molecule has 0 saturated heterocycles. The SMILES string of the molecule is CC(C)(C)Cc1c(F)c(F)c(C(F)(F)F)c(F)c1F. The van der Waals surface area contributed by atoms with Gasteiger partial charge in [0.05, 0.1) is 0 Å². The molecule has 0 radical (unpaired) electrons. The fourth-order valence-corrected chi connectivity index (χ4v) is 1.61. The monoisotopic (exact) mass is 288 g/mol. The van der Waals surface area contributed by atoms with E-state index in [1.165, 1.54) is 20.8 Å². The third kappa shape index (κ3) is 3.19. The first kappa shape index (κ1) is 15.8. The average Bonchev–Trinajstić information content (AvgIpc) is 2.18. The van der Waals surface area contributed by atoms with E-state index >= 15 is 0 Å². The Labute approximate surface area is 105 Å². The smallest absolute Gasteiger partial charge is 0.203 e. The Bertz CT molecular complexity index is 465. The molecular weight excluding hydrogens is 277 g/mol. The average molecular weight is 288 g/mol. The van der Waals surface area contributed by atoms with E-state index in [2.05, 4.69) is 0 Å². The van der Waals surface area contributed by atoms with Gasteiger partial charge in [-0.25, -0.2) is 17.6 Å². The fraction of sp³-hybridized carbons (Fsp3) is 0.500. The molecule has 108 valence electrons. The van der Waals surface area contributed by atoms with Crippen molar-refractivity contribution < 1.29 is 30.7 Å². The molecule has 1 aromatic rings. The van der Waals surface area contributed by atoms with Gasteiger partial charge in [0.25, 0.3) is 0 Å². The quantitative estimate of drug-likeness (QED) is 0.512. The van der Waals surface area contributed by atoms with E-state index in [0.717, 1.165) is 0 Å². The largest absolute Gasteiger partial charge is 0.422 e. The molecule has 7 heteroatoms. The van der Waals surface area contributed by atoms with Crippen LogP contribution in [0.4, 0.5) is 30.7 Å². The fourth-order valence-electron chi connectivity index (χ4n) is 1.61. The van der Waals surface area contributed by atoms with E-state index in [1.807, 2.05) is 0 Å². The Morgan fingerprint density at radius 1 is 0.737 bits per heavy atom. The molecule has 0 amide bonds. The predicted octanol–water partition coefficient (Wildman–Crippen LogP) is 4.85. The highest BCUT2D eigenvalue weighted by atomic mass is 19.4. The number of hydrogen-bond acceptors (Lipinski definition) is 0. The third-order valence-electron chi connectivity index (χ3n) is 2.34. The molecule has 0 aliphatic carbocycles. The molecule has 0 nitrogen and oxygen atoms in total. The number of hydrogen-bond donors (Lipinski definition) is 0. The molecule has 0 N–H and O–H groups in total. The predicted molar refractivity (Wildman–Crippen MR) is 54.4 cm³/mol. The van der Waals surface area contributed by atoms with Crippen molar-refractivity contribution in [3.63, 3.8) is 0 Å². The second kappa shape index (κ2) is 4.68. The topological polar surface area (TPSA) is 0 Å². The lowest BCUT2D eigenvalue weighted by Crippen LogP contribution is -2.20. The Morgan fingerprint density at radius 3 is 1.37 bits per heavy atom. The molecule has 0 spiro atoms. The molecule has 0 unspecified atom stereocenters. The van der Waals surface area contributed by atoms with Gasteiger partial charge in [0.1, 0.15) is 5.56 Å². The van der Waals surface area contributed by atoms with Crippen molar-refractivity contribution in [3.05, 3.63) is 34.4 Å². The van der Waals surface area contributed by atoms with Crippen molar-refractivity contribution in [2.24, 2.45) is 5.41 Å². The van der Waals surface area contributed by atoms with Gasteiger partial charge in [-0.3, -0.25) is 0 Å². The summed E-state index contributed by atoms with van der Waals surface area (Å²) in [6.07, 6.45) is -5.94. The first-order valence-corrected chi connectivity index (χ1v) is 5.28. The summed E-state index contributed by atoms with van der Waals surface area (Å²) in [6, 6.07) is 0. The molecule has 0 aromatic heterocycles. The van der Waals surface area contributed by atoms with E-state index in [1.54, 1.807) is 0 Å². The lowest BCUT2D eigenvalue weighted by Gasteiger charge is -2.20. The Balaban J connectivity index is 3.57. The van der Waals surface area contributed by atoms with E-state index in [-0.39, 0.29) is 0 Å². The van der Waals surface area contributed by atoms with Gasteiger partial charge in [-0.2, -0.15) is 13.2 Å². The van der Waals surface area contributed by atoms with Gasteiger partial charge >= 0.3 is 6.18 Å². The Morgan fingerprint density at radius 2 is 1.11 bits per heavy atom. The van der Waals surface area contributed by atoms with Gasteiger partial charge < -0.3 is 0 Å². The van der Waals surface area contributed by atoms with E-state index < -0.39 is 52.4 Å².